The summed E-state index contributed by atoms with van der Waals surface area (Å²) in [5.74, 6) is 1.40. The second-order valence-electron chi connectivity index (χ2n) is 3.46. The largest absolute Gasteiger partial charge is 0.297 e. The minimum Gasteiger partial charge on any atom is -0.297 e. The van der Waals surface area contributed by atoms with Crippen molar-refractivity contribution in [3.05, 3.63) is 5.92 Å². The molecule has 0 unspecified atom stereocenters. The molecule has 1 fully saturated rings. The van der Waals surface area contributed by atoms with Gasteiger partial charge in [-0.05, 0) is 6.42 Å². The quantitative estimate of drug-likeness (QED) is 0.385. The Bertz CT molecular complexity index is 136. The SMILES string of the molecule is C[C-](C)C=[N+](C)C1CCC1.[Y]. The van der Waals surface area contributed by atoms with E-state index < -0.39 is 0 Å². The maximum absolute atomic E-state index is 2.35. The van der Waals surface area contributed by atoms with Crippen LogP contribution in [0.4, 0.5) is 0 Å². The Kier molecular flexibility index (Phi) is 5.63. The summed E-state index contributed by atoms with van der Waals surface area (Å²) >= 11 is 0. The molecule has 0 aromatic carbocycles. The molecule has 1 aliphatic rings. The molecule has 11 heavy (non-hydrogen) atoms. The smallest absolute Gasteiger partial charge is 0.149 e. The number of hydrogen-bond donors (Lipinski definition) is 0. The van der Waals surface area contributed by atoms with Crippen LogP contribution >= 0.6 is 0 Å². The number of rotatable bonds is 2. The normalized spacial score (nSPS) is 18.6. The average molecular weight is 228 g/mol. The van der Waals surface area contributed by atoms with E-state index >= 15 is 0 Å². The van der Waals surface area contributed by atoms with E-state index in [0.29, 0.717) is 0 Å². The third kappa shape index (κ3) is 3.71. The minimum absolute atomic E-state index is 0. The van der Waals surface area contributed by atoms with Crippen molar-refractivity contribution in [2.45, 2.75) is 39.2 Å². The zero-order chi connectivity index (χ0) is 7.56. The Morgan fingerprint density at radius 1 is 1.36 bits per heavy atom. The van der Waals surface area contributed by atoms with E-state index in [1.807, 2.05) is 0 Å². The summed E-state index contributed by atoms with van der Waals surface area (Å²) < 4.78 is 2.35. The van der Waals surface area contributed by atoms with Crippen LogP contribution in [0.25, 0.3) is 0 Å². The van der Waals surface area contributed by atoms with E-state index in [0.717, 1.165) is 6.04 Å². The van der Waals surface area contributed by atoms with Gasteiger partial charge in [0.25, 0.3) is 0 Å². The molecule has 0 aliphatic heterocycles. The minimum atomic E-state index is 0. The van der Waals surface area contributed by atoms with Gasteiger partial charge in [0.2, 0.25) is 0 Å². The van der Waals surface area contributed by atoms with E-state index in [9.17, 15) is 0 Å². The molecule has 0 aromatic heterocycles. The van der Waals surface area contributed by atoms with Crippen molar-refractivity contribution in [1.29, 1.82) is 0 Å². The maximum Gasteiger partial charge on any atom is 0.149 e. The molecule has 1 rings (SSSR count). The van der Waals surface area contributed by atoms with Gasteiger partial charge in [-0.3, -0.25) is 10.5 Å². The van der Waals surface area contributed by atoms with E-state index in [1.54, 1.807) is 0 Å². The van der Waals surface area contributed by atoms with E-state index in [2.05, 4.69) is 31.7 Å². The molecular weight excluding hydrogens is 211 g/mol. The molecule has 2 heteroatoms. The zero-order valence-corrected chi connectivity index (χ0v) is 10.6. The molecule has 61 valence electrons. The summed E-state index contributed by atoms with van der Waals surface area (Å²) in [6, 6.07) is 0.842. The molecule has 0 heterocycles. The van der Waals surface area contributed by atoms with Crippen molar-refractivity contribution in [2.24, 2.45) is 0 Å². The summed E-state index contributed by atoms with van der Waals surface area (Å²) in [5, 5.41) is 0. The Balaban J connectivity index is 0.000001000. The van der Waals surface area contributed by atoms with Crippen molar-refractivity contribution in [3.8, 4) is 0 Å². The molecule has 0 spiro atoms. The monoisotopic (exact) mass is 228 g/mol. The first kappa shape index (κ1) is 11.6. The van der Waals surface area contributed by atoms with Crippen molar-refractivity contribution >= 4 is 6.21 Å². The van der Waals surface area contributed by atoms with E-state index in [1.165, 1.54) is 25.2 Å². The summed E-state index contributed by atoms with van der Waals surface area (Å²) in [5.41, 5.74) is 0. The van der Waals surface area contributed by atoms with Crippen molar-refractivity contribution in [1.82, 2.24) is 0 Å². The van der Waals surface area contributed by atoms with Crippen LogP contribution in [-0.4, -0.2) is 23.9 Å². The second kappa shape index (κ2) is 5.32. The van der Waals surface area contributed by atoms with Crippen LogP contribution in [0.2, 0.25) is 0 Å². The van der Waals surface area contributed by atoms with Gasteiger partial charge >= 0.3 is 0 Å². The topological polar surface area (TPSA) is 3.01 Å². The molecular formula is C9H17NY. The molecule has 0 N–H and O–H groups in total. The van der Waals surface area contributed by atoms with Gasteiger partial charge in [0.1, 0.15) is 13.1 Å². The summed E-state index contributed by atoms with van der Waals surface area (Å²) in [7, 11) is 2.18. The maximum atomic E-state index is 2.35. The first-order valence-corrected chi connectivity index (χ1v) is 4.07. The molecule has 0 bridgehead atoms. The van der Waals surface area contributed by atoms with Crippen LogP contribution in [0.1, 0.15) is 33.1 Å². The molecule has 0 aromatic rings. The van der Waals surface area contributed by atoms with Gasteiger partial charge in [-0.15, -0.1) is 0 Å². The molecule has 1 saturated carbocycles. The Hall–Kier alpha value is 0.644. The average Bonchev–Trinajstić information content (AvgIpc) is 1.55. The van der Waals surface area contributed by atoms with Gasteiger partial charge in [-0.2, -0.15) is 13.8 Å². The van der Waals surface area contributed by atoms with Crippen molar-refractivity contribution < 1.29 is 37.3 Å². The van der Waals surface area contributed by atoms with E-state index in [4.69, 9.17) is 0 Å². The Labute approximate surface area is 95.1 Å². The van der Waals surface area contributed by atoms with Gasteiger partial charge in [-0.1, -0.05) is 0 Å². The third-order valence-electron chi connectivity index (χ3n) is 2.11. The molecule has 1 radical (unpaired) electrons. The number of nitrogens with zero attached hydrogens (tertiary/aromatic N) is 1. The fourth-order valence-electron chi connectivity index (χ4n) is 1.31. The predicted molar refractivity (Wildman–Crippen MR) is 44.5 cm³/mol. The van der Waals surface area contributed by atoms with Gasteiger partial charge in [-0.25, -0.2) is 0 Å². The van der Waals surface area contributed by atoms with Crippen LogP contribution in [0.15, 0.2) is 0 Å². The fourth-order valence-corrected chi connectivity index (χ4v) is 1.31. The van der Waals surface area contributed by atoms with Gasteiger partial charge in [0.05, 0.1) is 0 Å². The Morgan fingerprint density at radius 2 is 1.91 bits per heavy atom. The van der Waals surface area contributed by atoms with Gasteiger partial charge < -0.3 is 0 Å². The molecule has 1 nitrogen and oxygen atoms in total. The van der Waals surface area contributed by atoms with Crippen molar-refractivity contribution in [2.75, 3.05) is 7.05 Å². The van der Waals surface area contributed by atoms with Crippen LogP contribution in [0, 0.1) is 5.92 Å². The van der Waals surface area contributed by atoms with Gasteiger partial charge in [0, 0.05) is 51.8 Å². The fraction of sp³-hybridized carbons (Fsp3) is 0.778. The summed E-state index contributed by atoms with van der Waals surface area (Å²) in [6.07, 6.45) is 6.44. The number of hydrogen-bond acceptors (Lipinski definition) is 0. The van der Waals surface area contributed by atoms with E-state index in [-0.39, 0.29) is 32.7 Å². The zero-order valence-electron chi connectivity index (χ0n) is 7.80. The molecule has 0 amide bonds. The Morgan fingerprint density at radius 3 is 2.18 bits per heavy atom. The van der Waals surface area contributed by atoms with Gasteiger partial charge in [0.15, 0.2) is 0 Å². The van der Waals surface area contributed by atoms with Crippen LogP contribution in [0.5, 0.6) is 0 Å². The van der Waals surface area contributed by atoms with Crippen LogP contribution in [-0.2, 0) is 32.7 Å². The molecule has 1 aliphatic carbocycles. The van der Waals surface area contributed by atoms with Crippen molar-refractivity contribution in [3.63, 3.8) is 0 Å². The first-order valence-electron chi connectivity index (χ1n) is 4.07. The summed E-state index contributed by atoms with van der Waals surface area (Å²) in [4.78, 5) is 0. The standard InChI is InChI=1S/C9H17N.Y/c1-8(2)7-10(3)9-5-4-6-9;/h7,9H,4-6H2,1-3H3;. The van der Waals surface area contributed by atoms with Crippen LogP contribution < -0.4 is 0 Å². The molecule has 0 saturated heterocycles. The third-order valence-corrected chi connectivity index (χ3v) is 2.11. The summed E-state index contributed by atoms with van der Waals surface area (Å²) in [6.45, 7) is 4.30. The van der Waals surface area contributed by atoms with Crippen LogP contribution in [0.3, 0.4) is 0 Å². The second-order valence-corrected chi connectivity index (χ2v) is 3.46. The molecule has 0 atom stereocenters. The first-order chi connectivity index (χ1) is 4.70. The predicted octanol–water partition coefficient (Wildman–Crippen LogP) is 1.86.